The minimum atomic E-state index is -0.288. The van der Waals surface area contributed by atoms with E-state index >= 15 is 0 Å². The van der Waals surface area contributed by atoms with Gasteiger partial charge in [-0.05, 0) is 49.7 Å². The van der Waals surface area contributed by atoms with E-state index in [-0.39, 0.29) is 18.6 Å². The van der Waals surface area contributed by atoms with Gasteiger partial charge in [0, 0.05) is 11.1 Å². The highest BCUT2D eigenvalue weighted by atomic mass is 35.5. The lowest BCUT2D eigenvalue weighted by molar-refractivity contribution is -0.123. The van der Waals surface area contributed by atoms with Crippen LogP contribution in [0.25, 0.3) is 10.9 Å². The van der Waals surface area contributed by atoms with Gasteiger partial charge >= 0.3 is 0 Å². The van der Waals surface area contributed by atoms with Crippen LogP contribution >= 0.6 is 23.2 Å². The van der Waals surface area contributed by atoms with Gasteiger partial charge in [0.1, 0.15) is 18.7 Å². The maximum Gasteiger partial charge on any atom is 0.258 e. The number of rotatable bonds is 5. The summed E-state index contributed by atoms with van der Waals surface area (Å²) in [5, 5.41) is 4.41. The third-order valence-corrected chi connectivity index (χ3v) is 5.36. The number of nitrogens with one attached hydrogen (secondary N) is 1. The molecule has 3 aromatic rings. The van der Waals surface area contributed by atoms with Crippen LogP contribution in [0, 0.1) is 6.92 Å². The van der Waals surface area contributed by atoms with Crippen molar-refractivity contribution < 1.29 is 19.0 Å². The third kappa shape index (κ3) is 4.25. The second kappa shape index (κ2) is 8.58. The fraction of sp³-hybridized carbons (Fsp3) is 0.273. The number of fused-ring (bicyclic) bond motifs is 2. The van der Waals surface area contributed by atoms with Crippen molar-refractivity contribution in [3.05, 3.63) is 57.7 Å². The van der Waals surface area contributed by atoms with E-state index in [4.69, 9.17) is 37.4 Å². The normalized spacial score (nSPS) is 13.7. The van der Waals surface area contributed by atoms with Gasteiger partial charge < -0.3 is 19.5 Å². The molecule has 1 aliphatic rings. The topological polar surface area (TPSA) is 69.7 Å². The molecule has 0 saturated carbocycles. The molecular weight excluding hydrogens is 427 g/mol. The van der Waals surface area contributed by atoms with Crippen LogP contribution in [-0.2, 0) is 4.79 Å². The minimum Gasteiger partial charge on any atom is -0.486 e. The number of hydrogen-bond acceptors (Lipinski definition) is 5. The number of nitrogens with zero attached hydrogens (tertiary/aromatic N) is 1. The van der Waals surface area contributed by atoms with Crippen LogP contribution in [0.1, 0.15) is 24.2 Å². The third-order valence-electron chi connectivity index (χ3n) is 4.77. The van der Waals surface area contributed by atoms with E-state index < -0.39 is 0 Å². The Labute approximate surface area is 184 Å². The lowest BCUT2D eigenvalue weighted by atomic mass is 10.1. The number of halogens is 2. The summed E-state index contributed by atoms with van der Waals surface area (Å²) in [5.41, 5.74) is 2.22. The van der Waals surface area contributed by atoms with Crippen LogP contribution in [0.2, 0.25) is 10.0 Å². The molecule has 30 heavy (non-hydrogen) atoms. The average Bonchev–Trinajstić information content (AvgIpc) is 2.72. The van der Waals surface area contributed by atoms with E-state index in [1.54, 1.807) is 6.07 Å². The molecule has 0 radical (unpaired) electrons. The van der Waals surface area contributed by atoms with Gasteiger partial charge in [0.05, 0.1) is 16.1 Å². The molecule has 0 bridgehead atoms. The summed E-state index contributed by atoms with van der Waals surface area (Å²) in [6.07, 6.45) is 0. The van der Waals surface area contributed by atoms with E-state index in [2.05, 4.69) is 10.3 Å². The first-order chi connectivity index (χ1) is 14.4. The number of pyridine rings is 1. The van der Waals surface area contributed by atoms with Crippen molar-refractivity contribution in [1.82, 2.24) is 10.3 Å². The Morgan fingerprint density at radius 3 is 2.70 bits per heavy atom. The molecule has 0 aliphatic carbocycles. The summed E-state index contributed by atoms with van der Waals surface area (Å²) in [4.78, 5) is 17.0. The number of carbonyl (C=O) groups excluding carboxylic acids is 1. The van der Waals surface area contributed by atoms with Crippen molar-refractivity contribution in [2.45, 2.75) is 19.9 Å². The van der Waals surface area contributed by atoms with Gasteiger partial charge in [-0.15, -0.1) is 0 Å². The van der Waals surface area contributed by atoms with Crippen molar-refractivity contribution >= 4 is 40.0 Å². The monoisotopic (exact) mass is 446 g/mol. The van der Waals surface area contributed by atoms with Crippen molar-refractivity contribution in [1.29, 1.82) is 0 Å². The lowest BCUT2D eigenvalue weighted by Gasteiger charge is -2.21. The molecule has 1 atom stereocenters. The summed E-state index contributed by atoms with van der Waals surface area (Å²) in [5.74, 6) is 1.43. The first-order valence-electron chi connectivity index (χ1n) is 9.49. The van der Waals surface area contributed by atoms with Crippen molar-refractivity contribution in [2.75, 3.05) is 19.8 Å². The fourth-order valence-electron chi connectivity index (χ4n) is 3.26. The quantitative estimate of drug-likeness (QED) is 0.604. The van der Waals surface area contributed by atoms with Gasteiger partial charge in [0.2, 0.25) is 0 Å². The molecule has 1 N–H and O–H groups in total. The van der Waals surface area contributed by atoms with E-state index in [1.807, 2.05) is 44.2 Å². The van der Waals surface area contributed by atoms with E-state index in [0.29, 0.717) is 51.4 Å². The van der Waals surface area contributed by atoms with Gasteiger partial charge in [0.15, 0.2) is 23.9 Å². The van der Waals surface area contributed by atoms with Crippen LogP contribution in [-0.4, -0.2) is 30.7 Å². The van der Waals surface area contributed by atoms with Crippen LogP contribution in [0.3, 0.4) is 0 Å². The molecule has 1 unspecified atom stereocenters. The van der Waals surface area contributed by atoms with E-state index in [1.165, 1.54) is 0 Å². The molecule has 4 rings (SSSR count). The number of carbonyl (C=O) groups is 1. The highest BCUT2D eigenvalue weighted by Gasteiger charge is 2.18. The van der Waals surface area contributed by atoms with Crippen molar-refractivity contribution in [2.24, 2.45) is 0 Å². The molecule has 1 amide bonds. The zero-order valence-electron chi connectivity index (χ0n) is 16.5. The Bertz CT molecular complexity index is 1120. The van der Waals surface area contributed by atoms with Gasteiger partial charge in [-0.25, -0.2) is 4.98 Å². The minimum absolute atomic E-state index is 0.207. The largest absolute Gasteiger partial charge is 0.486 e. The molecule has 8 heteroatoms. The number of aromatic nitrogens is 1. The first-order valence-corrected chi connectivity index (χ1v) is 10.2. The highest BCUT2D eigenvalue weighted by Crippen LogP contribution is 2.37. The molecule has 6 nitrogen and oxygen atoms in total. The maximum atomic E-state index is 12.5. The molecule has 1 aromatic heterocycles. The molecule has 0 saturated heterocycles. The zero-order chi connectivity index (χ0) is 21.3. The Balaban J connectivity index is 1.46. The van der Waals surface area contributed by atoms with Crippen molar-refractivity contribution in [3.63, 3.8) is 0 Å². The summed E-state index contributed by atoms with van der Waals surface area (Å²) in [7, 11) is 0. The lowest BCUT2D eigenvalue weighted by Crippen LogP contribution is -2.31. The molecule has 2 heterocycles. The first kappa shape index (κ1) is 20.6. The zero-order valence-corrected chi connectivity index (χ0v) is 18.0. The summed E-state index contributed by atoms with van der Waals surface area (Å²) >= 11 is 12.6. The number of hydrogen-bond donors (Lipinski definition) is 1. The Kier molecular flexibility index (Phi) is 5.88. The van der Waals surface area contributed by atoms with Crippen LogP contribution < -0.4 is 19.5 Å². The van der Waals surface area contributed by atoms with Gasteiger partial charge in [-0.1, -0.05) is 29.3 Å². The predicted octanol–water partition coefficient (Wildman–Crippen LogP) is 4.88. The molecule has 1 aliphatic heterocycles. The SMILES string of the molecule is Cc1ccc2c(Cl)cc(Cl)c(OCC(=O)NC(C)c3ccc4c(c3)OCCO4)c2n1. The number of ether oxygens (including phenoxy) is 3. The molecule has 156 valence electrons. The summed E-state index contributed by atoms with van der Waals surface area (Å²) < 4.78 is 16.9. The second-order valence-electron chi connectivity index (χ2n) is 7.00. The van der Waals surface area contributed by atoms with Gasteiger partial charge in [-0.2, -0.15) is 0 Å². The molecule has 2 aromatic carbocycles. The smallest absolute Gasteiger partial charge is 0.258 e. The highest BCUT2D eigenvalue weighted by molar-refractivity contribution is 6.39. The number of benzene rings is 2. The Morgan fingerprint density at radius 2 is 1.90 bits per heavy atom. The van der Waals surface area contributed by atoms with Crippen LogP contribution in [0.5, 0.6) is 17.2 Å². The van der Waals surface area contributed by atoms with Gasteiger partial charge in [0.25, 0.3) is 5.91 Å². The van der Waals surface area contributed by atoms with E-state index in [0.717, 1.165) is 11.3 Å². The Morgan fingerprint density at radius 1 is 1.13 bits per heavy atom. The second-order valence-corrected chi connectivity index (χ2v) is 7.81. The summed E-state index contributed by atoms with van der Waals surface area (Å²) in [6, 6.07) is 10.7. The fourth-order valence-corrected chi connectivity index (χ4v) is 3.83. The number of aryl methyl sites for hydroxylation is 1. The molecule has 0 spiro atoms. The van der Waals surface area contributed by atoms with Gasteiger partial charge in [-0.3, -0.25) is 4.79 Å². The summed E-state index contributed by atoms with van der Waals surface area (Å²) in [6.45, 7) is 4.58. The molecule has 0 fully saturated rings. The predicted molar refractivity (Wildman–Crippen MR) is 116 cm³/mol. The molecular formula is C22H20Cl2N2O4. The Hall–Kier alpha value is -2.70. The van der Waals surface area contributed by atoms with E-state index in [9.17, 15) is 4.79 Å². The average molecular weight is 447 g/mol. The van der Waals surface area contributed by atoms with Crippen LogP contribution in [0.15, 0.2) is 36.4 Å². The van der Waals surface area contributed by atoms with Crippen molar-refractivity contribution in [3.8, 4) is 17.2 Å². The van der Waals surface area contributed by atoms with Crippen LogP contribution in [0.4, 0.5) is 0 Å². The standard InChI is InChI=1S/C22H20Cl2N2O4/c1-12-3-5-15-16(23)10-17(24)22(21(15)25-12)30-11-20(27)26-13(2)14-4-6-18-19(9-14)29-8-7-28-18/h3-6,9-10,13H,7-8,11H2,1-2H3,(H,26,27). The number of amides is 1. The maximum absolute atomic E-state index is 12.5.